The Kier molecular flexibility index (Phi) is 6.86. The number of piperidine rings is 1. The minimum Gasteiger partial charge on any atom is -0.373 e. The number of nitrogens with one attached hydrogen (secondary N) is 1. The second kappa shape index (κ2) is 9.12. The molecule has 0 bridgehead atoms. The third-order valence-electron chi connectivity index (χ3n) is 6.35. The molecule has 0 spiro atoms. The molecule has 144 valence electrons. The van der Waals surface area contributed by atoms with Crippen LogP contribution in [0.2, 0.25) is 5.02 Å². The summed E-state index contributed by atoms with van der Waals surface area (Å²) in [4.78, 5) is 15.5. The predicted molar refractivity (Wildman–Crippen MR) is 110 cm³/mol. The number of halogens is 1. The van der Waals surface area contributed by atoms with Gasteiger partial charge in [-0.05, 0) is 67.7 Å². The van der Waals surface area contributed by atoms with Crippen molar-refractivity contribution in [3.05, 3.63) is 29.3 Å². The lowest BCUT2D eigenvalue weighted by Gasteiger charge is -2.38. The summed E-state index contributed by atoms with van der Waals surface area (Å²) in [5.74, 6) is 2.22. The fraction of sp³-hybridized carbons (Fsp3) is 0.682. The van der Waals surface area contributed by atoms with Gasteiger partial charge in [0.1, 0.15) is 6.04 Å². The van der Waals surface area contributed by atoms with E-state index in [0.717, 1.165) is 55.4 Å². The van der Waals surface area contributed by atoms with E-state index in [1.165, 1.54) is 19.3 Å². The first kappa shape index (κ1) is 19.5. The first-order valence-electron chi connectivity index (χ1n) is 10.4. The van der Waals surface area contributed by atoms with Crippen LogP contribution in [-0.4, -0.2) is 29.9 Å². The van der Waals surface area contributed by atoms with Crippen LogP contribution in [0.5, 0.6) is 0 Å². The molecule has 3 nitrogen and oxygen atoms in total. The van der Waals surface area contributed by atoms with E-state index in [-0.39, 0.29) is 6.04 Å². The Balaban J connectivity index is 1.70. The van der Waals surface area contributed by atoms with Crippen LogP contribution < -0.4 is 5.32 Å². The zero-order chi connectivity index (χ0) is 18.5. The summed E-state index contributed by atoms with van der Waals surface area (Å²) in [5.41, 5.74) is 0.996. The molecule has 0 radical (unpaired) electrons. The average molecular weight is 377 g/mol. The molecule has 0 unspecified atom stereocenters. The maximum atomic E-state index is 13.4. The minimum absolute atomic E-state index is 0.105. The Labute approximate surface area is 163 Å². The van der Waals surface area contributed by atoms with Gasteiger partial charge in [0.15, 0.2) is 0 Å². The van der Waals surface area contributed by atoms with Crippen LogP contribution in [0.3, 0.4) is 0 Å². The van der Waals surface area contributed by atoms with Gasteiger partial charge >= 0.3 is 0 Å². The number of carbonyl (C=O) groups is 1. The molecular formula is C22H33ClN2O. The van der Waals surface area contributed by atoms with Gasteiger partial charge in [-0.25, -0.2) is 0 Å². The normalized spacial score (nSPS) is 21.0. The molecule has 2 fully saturated rings. The lowest BCUT2D eigenvalue weighted by atomic mass is 9.82. The highest BCUT2D eigenvalue weighted by molar-refractivity contribution is 6.30. The summed E-state index contributed by atoms with van der Waals surface area (Å²) in [6.07, 6.45) is 8.37. The van der Waals surface area contributed by atoms with Gasteiger partial charge in [0.2, 0.25) is 5.91 Å². The van der Waals surface area contributed by atoms with Gasteiger partial charge in [0.05, 0.1) is 0 Å². The van der Waals surface area contributed by atoms with E-state index in [1.807, 2.05) is 24.3 Å². The number of nitrogens with zero attached hydrogens (tertiary/aromatic N) is 1. The Morgan fingerprint density at radius 1 is 1.00 bits per heavy atom. The monoisotopic (exact) mass is 376 g/mol. The number of hydrogen-bond donors (Lipinski definition) is 1. The Morgan fingerprint density at radius 3 is 2.19 bits per heavy atom. The largest absolute Gasteiger partial charge is 0.373 e. The molecule has 1 heterocycles. The summed E-state index contributed by atoms with van der Waals surface area (Å²) in [6.45, 7) is 6.42. The molecule has 1 atom stereocenters. The minimum atomic E-state index is -0.105. The topological polar surface area (TPSA) is 32.3 Å². The van der Waals surface area contributed by atoms with Crippen molar-refractivity contribution in [1.29, 1.82) is 0 Å². The summed E-state index contributed by atoms with van der Waals surface area (Å²) >= 11 is 6.02. The molecule has 2 aliphatic rings. The summed E-state index contributed by atoms with van der Waals surface area (Å²) in [6, 6.07) is 7.64. The molecule has 26 heavy (non-hydrogen) atoms. The SMILES string of the molecule is CC(C)C1CCN(C(=O)[C@H](Nc2ccc(Cl)cc2)C2CCCCC2)CC1. The first-order valence-corrected chi connectivity index (χ1v) is 10.7. The maximum absolute atomic E-state index is 13.4. The predicted octanol–water partition coefficient (Wildman–Crippen LogP) is 5.60. The van der Waals surface area contributed by atoms with Crippen molar-refractivity contribution in [2.24, 2.45) is 17.8 Å². The second-order valence-corrected chi connectivity index (χ2v) is 8.87. The summed E-state index contributed by atoms with van der Waals surface area (Å²) in [7, 11) is 0. The Bertz CT molecular complexity index is 572. The molecule has 3 rings (SSSR count). The van der Waals surface area contributed by atoms with Crippen LogP contribution >= 0.6 is 11.6 Å². The Morgan fingerprint density at radius 2 is 1.62 bits per heavy atom. The fourth-order valence-corrected chi connectivity index (χ4v) is 4.68. The zero-order valence-electron chi connectivity index (χ0n) is 16.2. The quantitative estimate of drug-likeness (QED) is 0.725. The number of amides is 1. The highest BCUT2D eigenvalue weighted by Crippen LogP contribution is 2.31. The third kappa shape index (κ3) is 4.94. The lowest BCUT2D eigenvalue weighted by Crippen LogP contribution is -2.50. The van der Waals surface area contributed by atoms with E-state index in [0.29, 0.717) is 17.7 Å². The van der Waals surface area contributed by atoms with Crippen LogP contribution in [0.15, 0.2) is 24.3 Å². The van der Waals surface area contributed by atoms with Crippen molar-refractivity contribution in [1.82, 2.24) is 4.90 Å². The van der Waals surface area contributed by atoms with E-state index in [2.05, 4.69) is 24.1 Å². The number of benzene rings is 1. The highest BCUT2D eigenvalue weighted by atomic mass is 35.5. The van der Waals surface area contributed by atoms with Crippen molar-refractivity contribution < 1.29 is 4.79 Å². The zero-order valence-corrected chi connectivity index (χ0v) is 17.0. The number of rotatable bonds is 5. The highest BCUT2D eigenvalue weighted by Gasteiger charge is 2.34. The van der Waals surface area contributed by atoms with Crippen molar-refractivity contribution in [2.45, 2.75) is 64.8 Å². The van der Waals surface area contributed by atoms with Gasteiger partial charge in [-0.1, -0.05) is 44.7 Å². The standard InChI is InChI=1S/C22H33ClN2O/c1-16(2)17-12-14-25(15-13-17)22(26)21(18-6-4-3-5-7-18)24-20-10-8-19(23)9-11-20/h8-11,16-18,21,24H,3-7,12-15H2,1-2H3/t21-/m1/s1. The number of hydrogen-bond acceptors (Lipinski definition) is 2. The lowest BCUT2D eigenvalue weighted by molar-refractivity contribution is -0.135. The molecule has 4 heteroatoms. The smallest absolute Gasteiger partial charge is 0.245 e. The molecule has 1 amide bonds. The van der Waals surface area contributed by atoms with Crippen molar-refractivity contribution in [3.63, 3.8) is 0 Å². The molecule has 1 aliphatic heterocycles. The van der Waals surface area contributed by atoms with Crippen LogP contribution in [0.4, 0.5) is 5.69 Å². The van der Waals surface area contributed by atoms with Gasteiger partial charge in [-0.3, -0.25) is 4.79 Å². The van der Waals surface area contributed by atoms with E-state index in [4.69, 9.17) is 11.6 Å². The van der Waals surface area contributed by atoms with Crippen molar-refractivity contribution >= 4 is 23.2 Å². The molecule has 1 aliphatic carbocycles. The Hall–Kier alpha value is -1.22. The molecule has 1 aromatic carbocycles. The van der Waals surface area contributed by atoms with Crippen LogP contribution in [-0.2, 0) is 4.79 Å². The number of likely N-dealkylation sites (tertiary alicyclic amines) is 1. The van der Waals surface area contributed by atoms with E-state index >= 15 is 0 Å². The third-order valence-corrected chi connectivity index (χ3v) is 6.60. The second-order valence-electron chi connectivity index (χ2n) is 8.43. The van der Waals surface area contributed by atoms with E-state index in [1.54, 1.807) is 0 Å². The van der Waals surface area contributed by atoms with Crippen LogP contribution in [0, 0.1) is 17.8 Å². The van der Waals surface area contributed by atoms with Gasteiger partial charge in [-0.15, -0.1) is 0 Å². The average Bonchev–Trinajstić information content (AvgIpc) is 2.68. The maximum Gasteiger partial charge on any atom is 0.245 e. The molecule has 1 saturated carbocycles. The van der Waals surface area contributed by atoms with Gasteiger partial charge in [-0.2, -0.15) is 0 Å². The van der Waals surface area contributed by atoms with Gasteiger partial charge < -0.3 is 10.2 Å². The molecule has 1 saturated heterocycles. The van der Waals surface area contributed by atoms with Gasteiger partial charge in [0, 0.05) is 23.8 Å². The van der Waals surface area contributed by atoms with Crippen molar-refractivity contribution in [2.75, 3.05) is 18.4 Å². The molecule has 1 aromatic rings. The van der Waals surface area contributed by atoms with E-state index < -0.39 is 0 Å². The van der Waals surface area contributed by atoms with Crippen molar-refractivity contribution in [3.8, 4) is 0 Å². The van der Waals surface area contributed by atoms with E-state index in [9.17, 15) is 4.79 Å². The van der Waals surface area contributed by atoms with Gasteiger partial charge in [0.25, 0.3) is 0 Å². The number of carbonyl (C=O) groups excluding carboxylic acids is 1. The van der Waals surface area contributed by atoms with Crippen LogP contribution in [0.25, 0.3) is 0 Å². The van der Waals surface area contributed by atoms with Crippen LogP contribution in [0.1, 0.15) is 58.8 Å². The summed E-state index contributed by atoms with van der Waals surface area (Å²) in [5, 5.41) is 4.29. The fourth-order valence-electron chi connectivity index (χ4n) is 4.56. The molecule has 1 N–H and O–H groups in total. The summed E-state index contributed by atoms with van der Waals surface area (Å²) < 4.78 is 0. The molecular weight excluding hydrogens is 344 g/mol. The number of anilines is 1. The molecule has 0 aromatic heterocycles. The first-order chi connectivity index (χ1) is 12.5.